The molecule has 0 heterocycles. The smallest absolute Gasteiger partial charge is 0.320 e. The van der Waals surface area contributed by atoms with Gasteiger partial charge in [0, 0.05) is 6.04 Å². The van der Waals surface area contributed by atoms with Gasteiger partial charge in [-0.3, -0.25) is 14.5 Å². The maximum Gasteiger partial charge on any atom is 0.320 e. The molecule has 86 valence electrons. The molecular weight excluding hydrogens is 196 g/mol. The summed E-state index contributed by atoms with van der Waals surface area (Å²) in [7, 11) is 0. The first-order valence-electron chi connectivity index (χ1n) is 5.27. The van der Waals surface area contributed by atoms with Crippen LogP contribution in [-0.4, -0.2) is 42.0 Å². The predicted molar refractivity (Wildman–Crippen MR) is 55.0 cm³/mol. The van der Waals surface area contributed by atoms with Crippen molar-refractivity contribution in [3.05, 3.63) is 0 Å². The fourth-order valence-corrected chi connectivity index (χ4v) is 1.51. The van der Waals surface area contributed by atoms with Crippen molar-refractivity contribution in [2.45, 2.75) is 38.8 Å². The Morgan fingerprint density at radius 1 is 1.53 bits per heavy atom. The zero-order valence-electron chi connectivity index (χ0n) is 9.23. The average molecular weight is 214 g/mol. The zero-order valence-corrected chi connectivity index (χ0v) is 9.23. The van der Waals surface area contributed by atoms with Gasteiger partial charge < -0.3 is 10.5 Å². The first-order valence-corrected chi connectivity index (χ1v) is 5.27. The van der Waals surface area contributed by atoms with Gasteiger partial charge in [0.25, 0.3) is 0 Å². The highest BCUT2D eigenvalue weighted by atomic mass is 16.5. The van der Waals surface area contributed by atoms with E-state index in [2.05, 4.69) is 0 Å². The van der Waals surface area contributed by atoms with Gasteiger partial charge >= 0.3 is 5.97 Å². The van der Waals surface area contributed by atoms with Crippen molar-refractivity contribution < 1.29 is 14.3 Å². The number of hydrogen-bond acceptors (Lipinski definition) is 4. The van der Waals surface area contributed by atoms with Gasteiger partial charge in [0.05, 0.1) is 19.2 Å². The van der Waals surface area contributed by atoms with Crippen LogP contribution in [0.2, 0.25) is 0 Å². The summed E-state index contributed by atoms with van der Waals surface area (Å²) < 4.78 is 4.85. The first kappa shape index (κ1) is 12.0. The van der Waals surface area contributed by atoms with Crippen LogP contribution in [0.4, 0.5) is 0 Å². The van der Waals surface area contributed by atoms with Crippen molar-refractivity contribution in [3.8, 4) is 0 Å². The van der Waals surface area contributed by atoms with Gasteiger partial charge in [-0.15, -0.1) is 0 Å². The summed E-state index contributed by atoms with van der Waals surface area (Å²) in [5.74, 6) is -0.691. The number of amides is 1. The largest absolute Gasteiger partial charge is 0.465 e. The Kier molecular flexibility index (Phi) is 4.08. The van der Waals surface area contributed by atoms with Crippen LogP contribution in [0, 0.1) is 0 Å². The Balaban J connectivity index is 2.50. The van der Waals surface area contributed by atoms with E-state index < -0.39 is 11.9 Å². The summed E-state index contributed by atoms with van der Waals surface area (Å²) in [5, 5.41) is 0. The fourth-order valence-electron chi connectivity index (χ4n) is 1.51. The number of carbonyl (C=O) groups is 2. The van der Waals surface area contributed by atoms with Gasteiger partial charge in [0.2, 0.25) is 5.91 Å². The van der Waals surface area contributed by atoms with Crippen LogP contribution in [-0.2, 0) is 14.3 Å². The zero-order chi connectivity index (χ0) is 11.4. The highest BCUT2D eigenvalue weighted by Crippen LogP contribution is 2.28. The summed E-state index contributed by atoms with van der Waals surface area (Å²) >= 11 is 0. The molecule has 0 bridgehead atoms. The summed E-state index contributed by atoms with van der Waals surface area (Å²) in [6.07, 6.45) is 2.05. The Morgan fingerprint density at radius 3 is 2.53 bits per heavy atom. The van der Waals surface area contributed by atoms with Crippen molar-refractivity contribution >= 4 is 11.9 Å². The predicted octanol–water partition coefficient (Wildman–Crippen LogP) is -0.112. The Hall–Kier alpha value is -1.10. The van der Waals surface area contributed by atoms with Crippen LogP contribution in [0.1, 0.15) is 26.7 Å². The number of primary amides is 1. The minimum atomic E-state index is -0.401. The topological polar surface area (TPSA) is 72.6 Å². The molecule has 0 saturated heterocycles. The van der Waals surface area contributed by atoms with Crippen LogP contribution in [0.3, 0.4) is 0 Å². The normalized spacial score (nSPS) is 17.5. The van der Waals surface area contributed by atoms with Crippen molar-refractivity contribution in [3.63, 3.8) is 0 Å². The van der Waals surface area contributed by atoms with E-state index in [9.17, 15) is 9.59 Å². The van der Waals surface area contributed by atoms with Crippen LogP contribution in [0.5, 0.6) is 0 Å². The van der Waals surface area contributed by atoms with E-state index >= 15 is 0 Å². The lowest BCUT2D eigenvalue weighted by molar-refractivity contribution is -0.145. The monoisotopic (exact) mass is 214 g/mol. The summed E-state index contributed by atoms with van der Waals surface area (Å²) in [6, 6.07) is -0.0844. The number of nitrogens with two attached hydrogens (primary N) is 1. The molecule has 15 heavy (non-hydrogen) atoms. The fraction of sp³-hybridized carbons (Fsp3) is 0.800. The van der Waals surface area contributed by atoms with Gasteiger partial charge in [0.15, 0.2) is 0 Å². The quantitative estimate of drug-likeness (QED) is 0.626. The second-order valence-electron chi connectivity index (χ2n) is 3.79. The van der Waals surface area contributed by atoms with Crippen LogP contribution in [0.15, 0.2) is 0 Å². The Morgan fingerprint density at radius 2 is 2.13 bits per heavy atom. The minimum Gasteiger partial charge on any atom is -0.465 e. The third-order valence-corrected chi connectivity index (χ3v) is 2.54. The van der Waals surface area contributed by atoms with Crippen molar-refractivity contribution in [1.29, 1.82) is 0 Å². The SMILES string of the molecule is CCOC(=O)CN(C1CC1)C(C)C(N)=O. The summed E-state index contributed by atoms with van der Waals surface area (Å²) in [4.78, 5) is 24.2. The number of carbonyl (C=O) groups excluding carboxylic acids is 2. The standard InChI is InChI=1S/C10H18N2O3/c1-3-15-9(13)6-12(8-4-5-8)7(2)10(11)14/h7-8H,3-6H2,1-2H3,(H2,11,14). The molecular formula is C10H18N2O3. The maximum atomic E-state index is 11.3. The molecule has 1 aliphatic carbocycles. The lowest BCUT2D eigenvalue weighted by atomic mass is 10.2. The molecule has 1 aliphatic rings. The number of esters is 1. The molecule has 1 atom stereocenters. The molecule has 0 aromatic rings. The molecule has 1 amide bonds. The molecule has 0 aromatic carbocycles. The number of nitrogens with zero attached hydrogens (tertiary/aromatic N) is 1. The van der Waals surface area contributed by atoms with Crippen molar-refractivity contribution in [2.24, 2.45) is 5.73 Å². The van der Waals surface area contributed by atoms with Crippen molar-refractivity contribution in [1.82, 2.24) is 4.90 Å². The second kappa shape index (κ2) is 5.11. The molecule has 0 spiro atoms. The lowest BCUT2D eigenvalue weighted by Crippen LogP contribution is -2.46. The van der Waals surface area contributed by atoms with E-state index in [-0.39, 0.29) is 12.5 Å². The van der Waals surface area contributed by atoms with Crippen LogP contribution >= 0.6 is 0 Å². The molecule has 0 aromatic heterocycles. The Labute approximate surface area is 89.6 Å². The van der Waals surface area contributed by atoms with Gasteiger partial charge in [-0.05, 0) is 26.7 Å². The maximum absolute atomic E-state index is 11.3. The number of rotatable bonds is 6. The molecule has 1 unspecified atom stereocenters. The van der Waals surface area contributed by atoms with Gasteiger partial charge in [-0.25, -0.2) is 0 Å². The third-order valence-electron chi connectivity index (χ3n) is 2.54. The van der Waals surface area contributed by atoms with E-state index in [1.54, 1.807) is 13.8 Å². The van der Waals surface area contributed by atoms with Crippen molar-refractivity contribution in [2.75, 3.05) is 13.2 Å². The van der Waals surface area contributed by atoms with E-state index in [1.807, 2.05) is 4.90 Å². The minimum absolute atomic E-state index is 0.155. The molecule has 5 nitrogen and oxygen atoms in total. The van der Waals surface area contributed by atoms with E-state index in [0.717, 1.165) is 12.8 Å². The second-order valence-corrected chi connectivity index (χ2v) is 3.79. The Bertz CT molecular complexity index is 251. The van der Waals surface area contributed by atoms with Gasteiger partial charge in [-0.1, -0.05) is 0 Å². The molecule has 1 saturated carbocycles. The molecule has 0 aliphatic heterocycles. The molecule has 2 N–H and O–H groups in total. The lowest BCUT2D eigenvalue weighted by Gasteiger charge is -2.25. The third kappa shape index (κ3) is 3.51. The van der Waals surface area contributed by atoms with Crippen LogP contribution < -0.4 is 5.73 Å². The first-order chi connectivity index (χ1) is 7.06. The van der Waals surface area contributed by atoms with E-state index in [4.69, 9.17) is 10.5 Å². The highest BCUT2D eigenvalue weighted by molar-refractivity contribution is 5.80. The summed E-state index contributed by atoms with van der Waals surface area (Å²) in [6.45, 7) is 4.00. The molecule has 0 radical (unpaired) electrons. The summed E-state index contributed by atoms with van der Waals surface area (Å²) in [5.41, 5.74) is 5.22. The molecule has 5 heteroatoms. The van der Waals surface area contributed by atoms with Gasteiger partial charge in [0.1, 0.15) is 0 Å². The average Bonchev–Trinajstić information content (AvgIpc) is 2.96. The molecule has 1 fully saturated rings. The van der Waals surface area contributed by atoms with Gasteiger partial charge in [-0.2, -0.15) is 0 Å². The van der Waals surface area contributed by atoms with E-state index in [0.29, 0.717) is 12.6 Å². The molecule has 1 rings (SSSR count). The van der Waals surface area contributed by atoms with Crippen LogP contribution in [0.25, 0.3) is 0 Å². The highest BCUT2D eigenvalue weighted by Gasteiger charge is 2.35. The number of hydrogen-bond donors (Lipinski definition) is 1. The number of ether oxygens (including phenoxy) is 1. The van der Waals surface area contributed by atoms with E-state index in [1.165, 1.54) is 0 Å².